The SMILES string of the molecule is COc1ccc(C#CN(Cc2ccccc2)C(=O)OC(C)(C)C)cc1. The van der Waals surface area contributed by atoms with Crippen LogP contribution in [0.25, 0.3) is 0 Å². The zero-order valence-electron chi connectivity index (χ0n) is 15.1. The number of hydrogen-bond acceptors (Lipinski definition) is 3. The molecular formula is C21H23NO3. The zero-order chi connectivity index (χ0) is 18.3. The van der Waals surface area contributed by atoms with E-state index in [-0.39, 0.29) is 0 Å². The van der Waals surface area contributed by atoms with E-state index in [1.165, 1.54) is 4.90 Å². The van der Waals surface area contributed by atoms with Crippen LogP contribution in [0.2, 0.25) is 0 Å². The van der Waals surface area contributed by atoms with Gasteiger partial charge in [0.2, 0.25) is 0 Å². The van der Waals surface area contributed by atoms with E-state index in [0.717, 1.165) is 16.9 Å². The highest BCUT2D eigenvalue weighted by atomic mass is 16.6. The van der Waals surface area contributed by atoms with Crippen LogP contribution in [0.15, 0.2) is 54.6 Å². The number of carbonyl (C=O) groups excluding carboxylic acids is 1. The fourth-order valence-corrected chi connectivity index (χ4v) is 2.04. The van der Waals surface area contributed by atoms with Crippen molar-refractivity contribution in [2.24, 2.45) is 0 Å². The van der Waals surface area contributed by atoms with Gasteiger partial charge in [0.1, 0.15) is 11.4 Å². The van der Waals surface area contributed by atoms with E-state index in [9.17, 15) is 4.79 Å². The predicted octanol–water partition coefficient (Wildman–Crippen LogP) is 4.44. The van der Waals surface area contributed by atoms with E-state index in [0.29, 0.717) is 6.54 Å². The quantitative estimate of drug-likeness (QED) is 0.614. The molecule has 0 spiro atoms. The number of nitrogens with zero attached hydrogens (tertiary/aromatic N) is 1. The van der Waals surface area contributed by atoms with Crippen molar-refractivity contribution in [1.29, 1.82) is 0 Å². The Morgan fingerprint density at radius 1 is 1.04 bits per heavy atom. The first-order chi connectivity index (χ1) is 11.9. The minimum atomic E-state index is -0.576. The number of rotatable bonds is 3. The third-order valence-electron chi connectivity index (χ3n) is 3.22. The van der Waals surface area contributed by atoms with Crippen molar-refractivity contribution in [3.8, 4) is 17.7 Å². The first kappa shape index (κ1) is 18.4. The molecule has 0 aliphatic heterocycles. The lowest BCUT2D eigenvalue weighted by molar-refractivity contribution is 0.0341. The second-order valence-corrected chi connectivity index (χ2v) is 6.52. The van der Waals surface area contributed by atoms with Crippen molar-refractivity contribution in [3.05, 3.63) is 65.7 Å². The van der Waals surface area contributed by atoms with E-state index in [4.69, 9.17) is 9.47 Å². The molecule has 2 aromatic rings. The molecular weight excluding hydrogens is 314 g/mol. The molecule has 0 aromatic heterocycles. The molecule has 130 valence electrons. The van der Waals surface area contributed by atoms with E-state index in [2.05, 4.69) is 12.0 Å². The summed E-state index contributed by atoms with van der Waals surface area (Å²) in [5, 5.41) is 0. The van der Waals surface area contributed by atoms with E-state index in [1.54, 1.807) is 7.11 Å². The molecule has 1 amide bonds. The van der Waals surface area contributed by atoms with Gasteiger partial charge in [-0.05, 0) is 56.5 Å². The molecule has 0 unspecified atom stereocenters. The van der Waals surface area contributed by atoms with Crippen LogP contribution < -0.4 is 4.74 Å². The fraction of sp³-hybridized carbons (Fsp3) is 0.286. The van der Waals surface area contributed by atoms with Gasteiger partial charge in [-0.3, -0.25) is 0 Å². The Bertz CT molecular complexity index is 750. The Kier molecular flexibility index (Phi) is 6.08. The van der Waals surface area contributed by atoms with Crippen LogP contribution in [-0.2, 0) is 11.3 Å². The Morgan fingerprint density at radius 2 is 1.68 bits per heavy atom. The van der Waals surface area contributed by atoms with Gasteiger partial charge in [-0.25, -0.2) is 9.69 Å². The van der Waals surface area contributed by atoms with E-state index in [1.807, 2.05) is 75.4 Å². The summed E-state index contributed by atoms with van der Waals surface area (Å²) in [6.45, 7) is 5.87. The normalized spacial score (nSPS) is 10.4. The Morgan fingerprint density at radius 3 is 2.24 bits per heavy atom. The molecule has 0 radical (unpaired) electrons. The van der Waals surface area contributed by atoms with Crippen LogP contribution >= 0.6 is 0 Å². The molecule has 0 fully saturated rings. The summed E-state index contributed by atoms with van der Waals surface area (Å²) in [5.41, 5.74) is 1.20. The number of hydrogen-bond donors (Lipinski definition) is 0. The summed E-state index contributed by atoms with van der Waals surface area (Å²) in [7, 11) is 1.62. The molecule has 4 heteroatoms. The van der Waals surface area contributed by atoms with Gasteiger partial charge in [0.15, 0.2) is 0 Å². The largest absolute Gasteiger partial charge is 0.497 e. The highest BCUT2D eigenvalue weighted by Gasteiger charge is 2.21. The van der Waals surface area contributed by atoms with Gasteiger partial charge in [0.05, 0.1) is 13.7 Å². The summed E-state index contributed by atoms with van der Waals surface area (Å²) < 4.78 is 10.6. The van der Waals surface area contributed by atoms with Crippen molar-refractivity contribution in [2.75, 3.05) is 7.11 Å². The van der Waals surface area contributed by atoms with Crippen molar-refractivity contribution in [3.63, 3.8) is 0 Å². The third kappa shape index (κ3) is 6.23. The van der Waals surface area contributed by atoms with Gasteiger partial charge in [-0.15, -0.1) is 0 Å². The maximum absolute atomic E-state index is 12.5. The van der Waals surface area contributed by atoms with Gasteiger partial charge < -0.3 is 9.47 Å². The number of benzene rings is 2. The van der Waals surface area contributed by atoms with Crippen molar-refractivity contribution in [1.82, 2.24) is 4.90 Å². The van der Waals surface area contributed by atoms with E-state index < -0.39 is 11.7 Å². The summed E-state index contributed by atoms with van der Waals surface area (Å²) in [5.74, 6) is 3.77. The van der Waals surface area contributed by atoms with Crippen LogP contribution in [0.3, 0.4) is 0 Å². The minimum absolute atomic E-state index is 0.360. The van der Waals surface area contributed by atoms with Crippen LogP contribution in [0.1, 0.15) is 31.9 Å². The number of ether oxygens (including phenoxy) is 2. The molecule has 0 aliphatic carbocycles. The highest BCUT2D eigenvalue weighted by Crippen LogP contribution is 2.13. The van der Waals surface area contributed by atoms with Crippen LogP contribution in [0.5, 0.6) is 5.75 Å². The molecule has 0 heterocycles. The molecule has 2 aromatic carbocycles. The Balaban J connectivity index is 2.21. The van der Waals surface area contributed by atoms with Crippen molar-refractivity contribution in [2.45, 2.75) is 32.9 Å². The minimum Gasteiger partial charge on any atom is -0.497 e. The van der Waals surface area contributed by atoms with Gasteiger partial charge in [-0.1, -0.05) is 30.3 Å². The van der Waals surface area contributed by atoms with Crippen molar-refractivity contribution >= 4 is 6.09 Å². The van der Waals surface area contributed by atoms with Crippen LogP contribution in [-0.4, -0.2) is 23.7 Å². The number of amides is 1. The summed E-state index contributed by atoms with van der Waals surface area (Å²) in [4.78, 5) is 13.9. The summed E-state index contributed by atoms with van der Waals surface area (Å²) >= 11 is 0. The molecule has 4 nitrogen and oxygen atoms in total. The Labute approximate surface area is 149 Å². The monoisotopic (exact) mass is 337 g/mol. The molecule has 0 atom stereocenters. The first-order valence-corrected chi connectivity index (χ1v) is 8.07. The number of methoxy groups -OCH3 is 1. The molecule has 25 heavy (non-hydrogen) atoms. The van der Waals surface area contributed by atoms with Gasteiger partial charge in [0, 0.05) is 11.6 Å². The summed E-state index contributed by atoms with van der Waals surface area (Å²) in [6, 6.07) is 20.0. The van der Waals surface area contributed by atoms with Gasteiger partial charge in [-0.2, -0.15) is 0 Å². The lowest BCUT2D eigenvalue weighted by Crippen LogP contribution is -2.33. The number of carbonyl (C=O) groups is 1. The predicted molar refractivity (Wildman–Crippen MR) is 98.1 cm³/mol. The lowest BCUT2D eigenvalue weighted by Gasteiger charge is -2.23. The smallest absolute Gasteiger partial charge is 0.422 e. The highest BCUT2D eigenvalue weighted by molar-refractivity contribution is 5.70. The van der Waals surface area contributed by atoms with Crippen molar-refractivity contribution < 1.29 is 14.3 Å². The van der Waals surface area contributed by atoms with Crippen LogP contribution in [0, 0.1) is 12.0 Å². The fourth-order valence-electron chi connectivity index (χ4n) is 2.04. The average molecular weight is 337 g/mol. The maximum atomic E-state index is 12.5. The topological polar surface area (TPSA) is 38.8 Å². The summed E-state index contributed by atoms with van der Waals surface area (Å²) in [6.07, 6.45) is -0.461. The molecule has 0 saturated carbocycles. The van der Waals surface area contributed by atoms with Gasteiger partial charge >= 0.3 is 6.09 Å². The van der Waals surface area contributed by atoms with Gasteiger partial charge in [0.25, 0.3) is 0 Å². The molecule has 0 N–H and O–H groups in total. The molecule has 0 aliphatic rings. The molecule has 0 bridgehead atoms. The van der Waals surface area contributed by atoms with E-state index >= 15 is 0 Å². The maximum Gasteiger partial charge on any atom is 0.422 e. The lowest BCUT2D eigenvalue weighted by atomic mass is 10.2. The molecule has 0 saturated heterocycles. The first-order valence-electron chi connectivity index (χ1n) is 8.07. The standard InChI is InChI=1S/C21H23NO3/c1-21(2,3)25-20(23)22(16-18-8-6-5-7-9-18)15-14-17-10-12-19(24-4)13-11-17/h5-13H,16H2,1-4H3. The van der Waals surface area contributed by atoms with Crippen LogP contribution in [0.4, 0.5) is 4.79 Å². The molecule has 2 rings (SSSR count). The Hall–Kier alpha value is -2.93. The second kappa shape index (κ2) is 8.25. The third-order valence-corrected chi connectivity index (χ3v) is 3.22. The second-order valence-electron chi connectivity index (χ2n) is 6.52. The average Bonchev–Trinajstić information content (AvgIpc) is 2.58. The zero-order valence-corrected chi connectivity index (χ0v) is 15.1.